The number of pyridine rings is 1. The molecule has 0 aliphatic rings. The summed E-state index contributed by atoms with van der Waals surface area (Å²) in [7, 11) is -0.975. The third-order valence-electron chi connectivity index (χ3n) is 3.43. The first-order valence-electron chi connectivity index (χ1n) is 6.80. The summed E-state index contributed by atoms with van der Waals surface area (Å²) in [5, 5.41) is 0.675. The van der Waals surface area contributed by atoms with E-state index in [2.05, 4.69) is 4.98 Å². The predicted octanol–water partition coefficient (Wildman–Crippen LogP) is 4.81. The SMILES string of the molecule is CS(=O)c1ccc(-c2cccnc2-c2ccccc2Cl)cc1. The van der Waals surface area contributed by atoms with E-state index in [0.29, 0.717) is 5.02 Å². The second kappa shape index (κ2) is 6.42. The number of hydrogen-bond acceptors (Lipinski definition) is 2. The molecule has 1 aromatic heterocycles. The maximum absolute atomic E-state index is 11.5. The largest absolute Gasteiger partial charge is 0.256 e. The van der Waals surface area contributed by atoms with Crippen LogP contribution in [0.1, 0.15) is 0 Å². The zero-order valence-electron chi connectivity index (χ0n) is 12.0. The molecule has 3 rings (SSSR count). The van der Waals surface area contributed by atoms with Gasteiger partial charge in [0, 0.05) is 44.3 Å². The molecule has 2 nitrogen and oxygen atoms in total. The quantitative estimate of drug-likeness (QED) is 0.691. The average molecular weight is 328 g/mol. The van der Waals surface area contributed by atoms with Gasteiger partial charge in [0.2, 0.25) is 0 Å². The fourth-order valence-corrected chi connectivity index (χ4v) is 3.08. The van der Waals surface area contributed by atoms with Crippen molar-refractivity contribution in [3.8, 4) is 22.4 Å². The minimum atomic E-state index is -0.975. The molecule has 0 saturated heterocycles. The van der Waals surface area contributed by atoms with Gasteiger partial charge in [0.15, 0.2) is 0 Å². The maximum Gasteiger partial charge on any atom is 0.0795 e. The van der Waals surface area contributed by atoms with Crippen LogP contribution in [0, 0.1) is 0 Å². The van der Waals surface area contributed by atoms with Crippen LogP contribution in [-0.4, -0.2) is 15.4 Å². The number of halogens is 1. The zero-order chi connectivity index (χ0) is 15.5. The van der Waals surface area contributed by atoms with Crippen molar-refractivity contribution in [1.82, 2.24) is 4.98 Å². The Morgan fingerprint density at radius 1 is 0.909 bits per heavy atom. The fraction of sp³-hybridized carbons (Fsp3) is 0.0556. The highest BCUT2D eigenvalue weighted by Gasteiger charge is 2.11. The summed E-state index contributed by atoms with van der Waals surface area (Å²) >= 11 is 6.30. The van der Waals surface area contributed by atoms with Gasteiger partial charge < -0.3 is 0 Å². The van der Waals surface area contributed by atoms with E-state index < -0.39 is 10.8 Å². The van der Waals surface area contributed by atoms with Gasteiger partial charge in [-0.2, -0.15) is 0 Å². The summed E-state index contributed by atoms with van der Waals surface area (Å²) in [5.41, 5.74) is 3.78. The van der Waals surface area contributed by atoms with Crippen LogP contribution in [0.4, 0.5) is 0 Å². The van der Waals surface area contributed by atoms with Crippen molar-refractivity contribution in [3.63, 3.8) is 0 Å². The number of aromatic nitrogens is 1. The smallest absolute Gasteiger partial charge is 0.0795 e. The first-order chi connectivity index (χ1) is 10.7. The first kappa shape index (κ1) is 14.9. The van der Waals surface area contributed by atoms with Gasteiger partial charge >= 0.3 is 0 Å². The molecule has 4 heteroatoms. The van der Waals surface area contributed by atoms with Crippen LogP contribution in [0.15, 0.2) is 71.8 Å². The van der Waals surface area contributed by atoms with Crippen LogP contribution in [0.5, 0.6) is 0 Å². The lowest BCUT2D eigenvalue weighted by Gasteiger charge is -2.10. The predicted molar refractivity (Wildman–Crippen MR) is 92.5 cm³/mol. The number of nitrogens with zero attached hydrogens (tertiary/aromatic N) is 1. The van der Waals surface area contributed by atoms with Crippen molar-refractivity contribution in [2.75, 3.05) is 6.26 Å². The van der Waals surface area contributed by atoms with Crippen molar-refractivity contribution in [2.45, 2.75) is 4.90 Å². The second-order valence-electron chi connectivity index (χ2n) is 4.86. The van der Waals surface area contributed by atoms with Gasteiger partial charge in [0.25, 0.3) is 0 Å². The van der Waals surface area contributed by atoms with Gasteiger partial charge in [-0.15, -0.1) is 0 Å². The minimum Gasteiger partial charge on any atom is -0.256 e. The van der Waals surface area contributed by atoms with Gasteiger partial charge in [-0.3, -0.25) is 9.19 Å². The summed E-state index contributed by atoms with van der Waals surface area (Å²) in [6, 6.07) is 19.3. The second-order valence-corrected chi connectivity index (χ2v) is 6.64. The highest BCUT2D eigenvalue weighted by Crippen LogP contribution is 2.34. The van der Waals surface area contributed by atoms with E-state index in [9.17, 15) is 4.21 Å². The van der Waals surface area contributed by atoms with Crippen molar-refractivity contribution >= 4 is 22.4 Å². The normalized spacial score (nSPS) is 12.1. The lowest BCUT2D eigenvalue weighted by atomic mass is 9.99. The van der Waals surface area contributed by atoms with Gasteiger partial charge in [0.05, 0.1) is 5.69 Å². The number of benzene rings is 2. The van der Waals surface area contributed by atoms with E-state index in [1.165, 1.54) is 0 Å². The van der Waals surface area contributed by atoms with Crippen molar-refractivity contribution in [1.29, 1.82) is 0 Å². The Morgan fingerprint density at radius 3 is 2.27 bits per heavy atom. The molecule has 0 N–H and O–H groups in total. The highest BCUT2D eigenvalue weighted by molar-refractivity contribution is 7.84. The van der Waals surface area contributed by atoms with Crippen LogP contribution in [0.25, 0.3) is 22.4 Å². The summed E-state index contributed by atoms with van der Waals surface area (Å²) in [6.45, 7) is 0. The molecule has 0 fully saturated rings. The molecule has 0 saturated carbocycles. The molecule has 1 atom stereocenters. The lowest BCUT2D eigenvalue weighted by molar-refractivity contribution is 0.687. The fourth-order valence-electron chi connectivity index (χ4n) is 2.33. The van der Waals surface area contributed by atoms with Crippen LogP contribution in [-0.2, 0) is 10.8 Å². The lowest BCUT2D eigenvalue weighted by Crippen LogP contribution is -1.91. The minimum absolute atomic E-state index is 0.675. The van der Waals surface area contributed by atoms with E-state index in [-0.39, 0.29) is 0 Å². The molecule has 22 heavy (non-hydrogen) atoms. The zero-order valence-corrected chi connectivity index (χ0v) is 13.6. The summed E-state index contributed by atoms with van der Waals surface area (Å²) in [6.07, 6.45) is 3.44. The molecule has 3 aromatic rings. The first-order valence-corrected chi connectivity index (χ1v) is 8.74. The number of hydrogen-bond donors (Lipinski definition) is 0. The Kier molecular flexibility index (Phi) is 4.36. The van der Waals surface area contributed by atoms with Crippen LogP contribution < -0.4 is 0 Å². The Labute approximate surface area is 137 Å². The highest BCUT2D eigenvalue weighted by atomic mass is 35.5. The van der Waals surface area contributed by atoms with Crippen molar-refractivity contribution < 1.29 is 4.21 Å². The van der Waals surface area contributed by atoms with Gasteiger partial charge in [0.1, 0.15) is 0 Å². The third-order valence-corrected chi connectivity index (χ3v) is 4.70. The Balaban J connectivity index is 2.13. The topological polar surface area (TPSA) is 30.0 Å². The van der Waals surface area contributed by atoms with E-state index >= 15 is 0 Å². The third kappa shape index (κ3) is 2.96. The van der Waals surface area contributed by atoms with E-state index in [0.717, 1.165) is 27.3 Å². The van der Waals surface area contributed by atoms with E-state index in [1.54, 1.807) is 12.5 Å². The molecular weight excluding hydrogens is 314 g/mol. The molecule has 0 radical (unpaired) electrons. The van der Waals surface area contributed by atoms with Crippen molar-refractivity contribution in [2.24, 2.45) is 0 Å². The van der Waals surface area contributed by atoms with Gasteiger partial charge in [-0.05, 0) is 29.8 Å². The molecule has 0 bridgehead atoms. The van der Waals surface area contributed by atoms with Crippen LogP contribution in [0.3, 0.4) is 0 Å². The summed E-state index contributed by atoms with van der Waals surface area (Å²) in [4.78, 5) is 5.31. The molecule has 0 amide bonds. The van der Waals surface area contributed by atoms with Crippen LogP contribution >= 0.6 is 11.6 Å². The average Bonchev–Trinajstić information content (AvgIpc) is 2.55. The van der Waals surface area contributed by atoms with E-state index in [4.69, 9.17) is 11.6 Å². The molecule has 0 aliphatic carbocycles. The Hall–Kier alpha value is -1.97. The molecule has 1 unspecified atom stereocenters. The molecule has 2 aromatic carbocycles. The van der Waals surface area contributed by atoms with Crippen LogP contribution in [0.2, 0.25) is 5.02 Å². The summed E-state index contributed by atoms with van der Waals surface area (Å²) < 4.78 is 11.5. The molecule has 110 valence electrons. The van der Waals surface area contributed by atoms with Gasteiger partial charge in [-0.1, -0.05) is 48.0 Å². The van der Waals surface area contributed by atoms with Crippen molar-refractivity contribution in [3.05, 3.63) is 71.9 Å². The number of rotatable bonds is 3. The Morgan fingerprint density at radius 2 is 1.59 bits per heavy atom. The summed E-state index contributed by atoms with van der Waals surface area (Å²) in [5.74, 6) is 0. The maximum atomic E-state index is 11.5. The molecule has 1 heterocycles. The molecule has 0 aliphatic heterocycles. The van der Waals surface area contributed by atoms with E-state index in [1.807, 2.05) is 60.7 Å². The molecular formula is C18H14ClNOS. The molecule has 0 spiro atoms. The van der Waals surface area contributed by atoms with Gasteiger partial charge in [-0.25, -0.2) is 0 Å². The standard InChI is InChI=1S/C18H14ClNOS/c1-22(21)14-10-8-13(9-11-14)15-6-4-12-20-18(15)16-5-2-3-7-17(16)19/h2-12H,1H3. The monoisotopic (exact) mass is 327 g/mol. The Bertz CT molecular complexity index is 831.